The van der Waals surface area contributed by atoms with E-state index in [1.807, 2.05) is 12.1 Å². The van der Waals surface area contributed by atoms with Crippen molar-refractivity contribution in [3.05, 3.63) is 42.1 Å². The van der Waals surface area contributed by atoms with Gasteiger partial charge in [-0.2, -0.15) is 0 Å². The van der Waals surface area contributed by atoms with Crippen molar-refractivity contribution in [1.82, 2.24) is 9.97 Å². The van der Waals surface area contributed by atoms with Gasteiger partial charge in [0.05, 0.1) is 17.7 Å². The molecule has 0 saturated carbocycles. The van der Waals surface area contributed by atoms with Crippen molar-refractivity contribution in [2.24, 2.45) is 5.92 Å². The Morgan fingerprint density at radius 2 is 2.21 bits per heavy atom. The molecule has 0 aliphatic carbocycles. The Labute approximate surface area is 164 Å². The molecule has 3 heterocycles. The summed E-state index contributed by atoms with van der Waals surface area (Å²) in [4.78, 5) is 23.0. The van der Waals surface area contributed by atoms with Crippen molar-refractivity contribution in [3.63, 3.8) is 0 Å². The van der Waals surface area contributed by atoms with E-state index in [1.54, 1.807) is 13.3 Å². The Hall–Kier alpha value is -2.81. The summed E-state index contributed by atoms with van der Waals surface area (Å²) in [5.41, 5.74) is 1.01. The molecule has 0 bridgehead atoms. The summed E-state index contributed by atoms with van der Waals surface area (Å²) >= 11 is 1.06. The molecule has 1 fully saturated rings. The number of nitrogens with one attached hydrogen (secondary N) is 1. The lowest BCUT2D eigenvalue weighted by Crippen LogP contribution is -2.40. The number of carbonyl (C=O) groups is 1. The van der Waals surface area contributed by atoms with Crippen LogP contribution in [-0.4, -0.2) is 36.1 Å². The molecule has 0 radical (unpaired) electrons. The van der Waals surface area contributed by atoms with Gasteiger partial charge >= 0.3 is 0 Å². The number of amides is 1. The minimum absolute atomic E-state index is 0.0656. The molecule has 1 aliphatic rings. The number of benzene rings is 1. The molecule has 6 nitrogen and oxygen atoms in total. The number of thiazole rings is 1. The number of methoxy groups -OCH3 is 1. The Morgan fingerprint density at radius 3 is 3.04 bits per heavy atom. The van der Waals surface area contributed by atoms with E-state index in [-0.39, 0.29) is 22.5 Å². The normalized spacial score (nSPS) is 17.0. The van der Waals surface area contributed by atoms with Crippen LogP contribution < -0.4 is 15.0 Å². The van der Waals surface area contributed by atoms with Gasteiger partial charge in [0, 0.05) is 37.1 Å². The predicted molar refractivity (Wildman–Crippen MR) is 104 cm³/mol. The summed E-state index contributed by atoms with van der Waals surface area (Å²) in [6, 6.07) is 5.72. The second kappa shape index (κ2) is 7.67. The lowest BCUT2D eigenvalue weighted by molar-refractivity contribution is -0.120. The van der Waals surface area contributed by atoms with Gasteiger partial charge in [-0.15, -0.1) is 0 Å². The molecule has 9 heteroatoms. The number of ether oxygens (including phenoxy) is 1. The quantitative estimate of drug-likeness (QED) is 0.716. The summed E-state index contributed by atoms with van der Waals surface area (Å²) in [5, 5.41) is 3.03. The van der Waals surface area contributed by atoms with Crippen molar-refractivity contribution in [1.29, 1.82) is 0 Å². The summed E-state index contributed by atoms with van der Waals surface area (Å²) in [5.74, 6) is -1.29. The van der Waals surface area contributed by atoms with Crippen molar-refractivity contribution < 1.29 is 18.3 Å². The minimum atomic E-state index is -0.734. The number of rotatable bonds is 4. The molecule has 1 unspecified atom stereocenters. The van der Waals surface area contributed by atoms with Crippen LogP contribution in [0, 0.1) is 17.6 Å². The van der Waals surface area contributed by atoms with Crippen molar-refractivity contribution in [3.8, 4) is 5.88 Å². The van der Waals surface area contributed by atoms with E-state index >= 15 is 0 Å². The molecule has 1 saturated heterocycles. The maximum Gasteiger partial charge on any atom is 0.231 e. The average molecular weight is 404 g/mol. The number of carbonyl (C=O) groups excluding carboxylic acids is 1. The van der Waals surface area contributed by atoms with Gasteiger partial charge in [0.15, 0.2) is 10.9 Å². The zero-order chi connectivity index (χ0) is 19.7. The summed E-state index contributed by atoms with van der Waals surface area (Å²) in [7, 11) is 1.56. The number of hydrogen-bond donors (Lipinski definition) is 1. The second-order valence-corrected chi connectivity index (χ2v) is 7.61. The van der Waals surface area contributed by atoms with Crippen LogP contribution >= 0.6 is 11.3 Å². The molecule has 1 atom stereocenters. The SMILES string of the molecule is COc1cc(N2CCCC(C(=O)Nc3nc4c(F)cc(F)cc4s3)C2)ccn1. The first-order valence-electron chi connectivity index (χ1n) is 8.85. The number of piperidine rings is 1. The third-order valence-corrected chi connectivity index (χ3v) is 5.65. The Bertz CT molecular complexity index is 1030. The fourth-order valence-electron chi connectivity index (χ4n) is 3.35. The van der Waals surface area contributed by atoms with Crippen molar-refractivity contribution in [2.75, 3.05) is 30.4 Å². The summed E-state index contributed by atoms with van der Waals surface area (Å²) in [6.45, 7) is 1.38. The number of aromatic nitrogens is 2. The molecule has 1 amide bonds. The predicted octanol–water partition coefficient (Wildman–Crippen LogP) is 3.83. The highest BCUT2D eigenvalue weighted by atomic mass is 32.1. The van der Waals surface area contributed by atoms with E-state index in [4.69, 9.17) is 4.74 Å². The molecule has 3 aromatic rings. The molecule has 28 heavy (non-hydrogen) atoms. The zero-order valence-corrected chi connectivity index (χ0v) is 15.9. The third-order valence-electron chi connectivity index (χ3n) is 4.73. The minimum Gasteiger partial charge on any atom is -0.481 e. The monoisotopic (exact) mass is 404 g/mol. The number of nitrogens with zero attached hydrogens (tertiary/aromatic N) is 3. The van der Waals surface area contributed by atoms with Gasteiger partial charge in [-0.05, 0) is 25.0 Å². The van der Waals surface area contributed by atoms with Gasteiger partial charge in [0.2, 0.25) is 11.8 Å². The van der Waals surface area contributed by atoms with Crippen molar-refractivity contribution in [2.45, 2.75) is 12.8 Å². The lowest BCUT2D eigenvalue weighted by atomic mass is 9.97. The first-order valence-corrected chi connectivity index (χ1v) is 9.66. The van der Waals surface area contributed by atoms with Crippen molar-refractivity contribution >= 4 is 38.3 Å². The first-order chi connectivity index (χ1) is 13.5. The third kappa shape index (κ3) is 3.75. The number of hydrogen-bond acceptors (Lipinski definition) is 6. The van der Waals surface area contributed by atoms with Crippen LogP contribution in [0.1, 0.15) is 12.8 Å². The van der Waals surface area contributed by atoms with Gasteiger partial charge in [0.25, 0.3) is 0 Å². The van der Waals surface area contributed by atoms with Gasteiger partial charge in [-0.25, -0.2) is 18.7 Å². The summed E-state index contributed by atoms with van der Waals surface area (Å²) < 4.78 is 32.7. The van der Waals surface area contributed by atoms with E-state index in [0.29, 0.717) is 17.1 Å². The first kappa shape index (κ1) is 18.5. The molecular formula is C19H18F2N4O2S. The van der Waals surface area contributed by atoms with Gasteiger partial charge in [0.1, 0.15) is 11.3 Å². The fourth-order valence-corrected chi connectivity index (χ4v) is 4.26. The van der Waals surface area contributed by atoms with Crippen LogP contribution in [0.25, 0.3) is 10.2 Å². The maximum absolute atomic E-state index is 13.8. The van der Waals surface area contributed by atoms with Gasteiger partial charge in [-0.3, -0.25) is 4.79 Å². The average Bonchev–Trinajstić information content (AvgIpc) is 3.10. The fraction of sp³-hybridized carbons (Fsp3) is 0.316. The van der Waals surface area contributed by atoms with Gasteiger partial charge < -0.3 is 15.0 Å². The van der Waals surface area contributed by atoms with Crippen LogP contribution in [0.5, 0.6) is 5.88 Å². The van der Waals surface area contributed by atoms with E-state index in [9.17, 15) is 13.6 Å². The van der Waals surface area contributed by atoms with E-state index < -0.39 is 11.6 Å². The highest BCUT2D eigenvalue weighted by Crippen LogP contribution is 2.30. The second-order valence-electron chi connectivity index (χ2n) is 6.58. The highest BCUT2D eigenvalue weighted by molar-refractivity contribution is 7.22. The smallest absolute Gasteiger partial charge is 0.231 e. The van der Waals surface area contributed by atoms with E-state index in [0.717, 1.165) is 42.5 Å². The molecule has 1 aromatic carbocycles. The topological polar surface area (TPSA) is 67.3 Å². The molecule has 1 N–H and O–H groups in total. The molecule has 0 spiro atoms. The van der Waals surface area contributed by atoms with Crippen LogP contribution in [-0.2, 0) is 4.79 Å². The molecule has 2 aromatic heterocycles. The number of fused-ring (bicyclic) bond motifs is 1. The van der Waals surface area contributed by atoms with Crippen LogP contribution in [0.2, 0.25) is 0 Å². The highest BCUT2D eigenvalue weighted by Gasteiger charge is 2.27. The van der Waals surface area contributed by atoms with Crippen LogP contribution in [0.3, 0.4) is 0 Å². The van der Waals surface area contributed by atoms with Crippen LogP contribution in [0.4, 0.5) is 19.6 Å². The van der Waals surface area contributed by atoms with E-state index in [1.165, 1.54) is 6.07 Å². The standard InChI is InChI=1S/C19H18F2N4O2S/c1-27-16-9-13(4-5-22-16)25-6-2-3-11(10-25)18(26)24-19-23-17-14(21)7-12(20)8-15(17)28-19/h4-5,7-9,11H,2-3,6,10H2,1H3,(H,23,24,26). The lowest BCUT2D eigenvalue weighted by Gasteiger charge is -2.33. The maximum atomic E-state index is 13.8. The Kier molecular flexibility index (Phi) is 5.08. The number of anilines is 2. The van der Waals surface area contributed by atoms with Gasteiger partial charge in [-0.1, -0.05) is 11.3 Å². The molecule has 1 aliphatic heterocycles. The largest absolute Gasteiger partial charge is 0.481 e. The summed E-state index contributed by atoms with van der Waals surface area (Å²) in [6.07, 6.45) is 3.29. The Morgan fingerprint density at radius 1 is 1.36 bits per heavy atom. The number of pyridine rings is 1. The zero-order valence-electron chi connectivity index (χ0n) is 15.1. The number of halogens is 2. The van der Waals surface area contributed by atoms with E-state index in [2.05, 4.69) is 20.2 Å². The molecule has 146 valence electrons. The molecule has 4 rings (SSSR count). The molecular weight excluding hydrogens is 386 g/mol. The Balaban J connectivity index is 1.48. The van der Waals surface area contributed by atoms with Crippen LogP contribution in [0.15, 0.2) is 30.5 Å².